The monoisotopic (exact) mass is 271 g/mol. The normalized spacial score (nSPS) is 13.6. The van der Waals surface area contributed by atoms with Gasteiger partial charge in [-0.1, -0.05) is 12.1 Å². The Morgan fingerprint density at radius 3 is 2.95 bits per heavy atom. The number of benzene rings is 1. The molecule has 3 nitrogen and oxygen atoms in total. The van der Waals surface area contributed by atoms with Crippen molar-refractivity contribution in [3.05, 3.63) is 59.2 Å². The molecule has 0 saturated carbocycles. The number of nitrogens with zero attached hydrogens (tertiary/aromatic N) is 2. The molecule has 4 heteroatoms. The molecular weight excluding hydrogens is 253 g/mol. The number of hydrogen-bond donors (Lipinski definition) is 1. The first kappa shape index (κ1) is 13.1. The van der Waals surface area contributed by atoms with E-state index < -0.39 is 0 Å². The third-order valence-electron chi connectivity index (χ3n) is 3.66. The molecule has 2 heterocycles. The summed E-state index contributed by atoms with van der Waals surface area (Å²) in [5, 5.41) is 3.10. The van der Waals surface area contributed by atoms with Crippen LogP contribution < -0.4 is 10.2 Å². The van der Waals surface area contributed by atoms with Gasteiger partial charge >= 0.3 is 0 Å². The van der Waals surface area contributed by atoms with Crippen LogP contribution in [0, 0.1) is 5.82 Å². The van der Waals surface area contributed by atoms with Crippen LogP contribution in [0.2, 0.25) is 0 Å². The highest BCUT2D eigenvalue weighted by molar-refractivity contribution is 5.58. The van der Waals surface area contributed by atoms with E-state index in [0.29, 0.717) is 0 Å². The van der Waals surface area contributed by atoms with E-state index in [2.05, 4.69) is 21.3 Å². The highest BCUT2D eigenvalue weighted by Crippen LogP contribution is 2.29. The van der Waals surface area contributed by atoms with Crippen molar-refractivity contribution >= 4 is 5.69 Å². The first-order chi connectivity index (χ1) is 9.76. The summed E-state index contributed by atoms with van der Waals surface area (Å²) in [7, 11) is 1.92. The highest BCUT2D eigenvalue weighted by Gasteiger charge is 2.19. The van der Waals surface area contributed by atoms with Crippen molar-refractivity contribution in [2.24, 2.45) is 0 Å². The summed E-state index contributed by atoms with van der Waals surface area (Å²) in [6.45, 7) is 2.49. The lowest BCUT2D eigenvalue weighted by atomic mass is 10.1. The molecule has 0 saturated heterocycles. The van der Waals surface area contributed by atoms with Crippen LogP contribution in [-0.2, 0) is 19.5 Å². The summed E-state index contributed by atoms with van der Waals surface area (Å²) in [5.74, 6) is -0.173. The summed E-state index contributed by atoms with van der Waals surface area (Å²) in [5.41, 5.74) is 4.41. The molecule has 3 rings (SSSR count). The molecule has 20 heavy (non-hydrogen) atoms. The minimum Gasteiger partial charge on any atom is -0.365 e. The standard InChI is InChI=1S/C16H18FN3/c1-18-9-12-2-5-15(19-10-12)11-20-7-6-13-3-4-14(17)8-16(13)20/h2-5,8,10,18H,6-7,9,11H2,1H3. The summed E-state index contributed by atoms with van der Waals surface area (Å²) in [6.07, 6.45) is 2.88. The maximum Gasteiger partial charge on any atom is 0.125 e. The van der Waals surface area contributed by atoms with Crippen LogP contribution in [-0.4, -0.2) is 18.6 Å². The van der Waals surface area contributed by atoms with Crippen LogP contribution in [0.3, 0.4) is 0 Å². The van der Waals surface area contributed by atoms with Gasteiger partial charge in [0.25, 0.3) is 0 Å². The first-order valence-electron chi connectivity index (χ1n) is 6.88. The predicted molar refractivity (Wildman–Crippen MR) is 78.2 cm³/mol. The zero-order valence-corrected chi connectivity index (χ0v) is 11.6. The Bertz CT molecular complexity index is 595. The van der Waals surface area contributed by atoms with E-state index in [0.717, 1.165) is 37.4 Å². The number of anilines is 1. The van der Waals surface area contributed by atoms with Crippen LogP contribution in [0.15, 0.2) is 36.5 Å². The van der Waals surface area contributed by atoms with Gasteiger partial charge in [-0.15, -0.1) is 0 Å². The zero-order valence-electron chi connectivity index (χ0n) is 11.6. The van der Waals surface area contributed by atoms with Crippen molar-refractivity contribution in [3.8, 4) is 0 Å². The van der Waals surface area contributed by atoms with Gasteiger partial charge in [0.2, 0.25) is 0 Å². The van der Waals surface area contributed by atoms with Crippen LogP contribution in [0.4, 0.5) is 10.1 Å². The number of pyridine rings is 1. The molecule has 1 aliphatic heterocycles. The average Bonchev–Trinajstić information content (AvgIpc) is 2.84. The maximum atomic E-state index is 13.4. The fourth-order valence-electron chi connectivity index (χ4n) is 2.64. The highest BCUT2D eigenvalue weighted by atomic mass is 19.1. The van der Waals surface area contributed by atoms with Gasteiger partial charge in [-0.25, -0.2) is 4.39 Å². The van der Waals surface area contributed by atoms with E-state index in [4.69, 9.17) is 0 Å². The lowest BCUT2D eigenvalue weighted by molar-refractivity contribution is 0.627. The van der Waals surface area contributed by atoms with Crippen LogP contribution in [0.25, 0.3) is 0 Å². The first-order valence-corrected chi connectivity index (χ1v) is 6.88. The SMILES string of the molecule is CNCc1ccc(CN2CCc3ccc(F)cc32)nc1. The fraction of sp³-hybridized carbons (Fsp3) is 0.312. The van der Waals surface area contributed by atoms with Crippen molar-refractivity contribution < 1.29 is 4.39 Å². The molecular formula is C16H18FN3. The molecule has 0 amide bonds. The predicted octanol–water partition coefficient (Wildman–Crippen LogP) is 2.50. The second-order valence-corrected chi connectivity index (χ2v) is 5.13. The fourth-order valence-corrected chi connectivity index (χ4v) is 2.64. The second kappa shape index (κ2) is 5.59. The Morgan fingerprint density at radius 2 is 2.20 bits per heavy atom. The number of halogens is 1. The van der Waals surface area contributed by atoms with Crippen molar-refractivity contribution in [3.63, 3.8) is 0 Å². The number of rotatable bonds is 4. The Morgan fingerprint density at radius 1 is 1.30 bits per heavy atom. The van der Waals surface area contributed by atoms with E-state index in [-0.39, 0.29) is 5.82 Å². The molecule has 0 fully saturated rings. The van der Waals surface area contributed by atoms with Crippen LogP contribution in [0.5, 0.6) is 0 Å². The molecule has 0 bridgehead atoms. The molecule has 0 atom stereocenters. The van der Waals surface area contributed by atoms with Crippen molar-refractivity contribution in [1.82, 2.24) is 10.3 Å². The average molecular weight is 271 g/mol. The number of hydrogen-bond acceptors (Lipinski definition) is 3. The van der Waals surface area contributed by atoms with Crippen molar-refractivity contribution in [1.29, 1.82) is 0 Å². The molecule has 1 N–H and O–H groups in total. The van der Waals surface area contributed by atoms with Gasteiger partial charge < -0.3 is 10.2 Å². The van der Waals surface area contributed by atoms with E-state index >= 15 is 0 Å². The molecule has 1 aromatic carbocycles. The summed E-state index contributed by atoms with van der Waals surface area (Å²) < 4.78 is 13.4. The summed E-state index contributed by atoms with van der Waals surface area (Å²) in [4.78, 5) is 6.67. The Kier molecular flexibility index (Phi) is 3.65. The van der Waals surface area contributed by atoms with Crippen LogP contribution in [0.1, 0.15) is 16.8 Å². The van der Waals surface area contributed by atoms with Gasteiger partial charge in [-0.05, 0) is 42.8 Å². The number of fused-ring (bicyclic) bond motifs is 1. The second-order valence-electron chi connectivity index (χ2n) is 5.13. The smallest absolute Gasteiger partial charge is 0.125 e. The van der Waals surface area contributed by atoms with Gasteiger partial charge in [-0.2, -0.15) is 0 Å². The topological polar surface area (TPSA) is 28.2 Å². The van der Waals surface area contributed by atoms with Crippen LogP contribution >= 0.6 is 0 Å². The van der Waals surface area contributed by atoms with E-state index in [1.807, 2.05) is 25.4 Å². The largest absolute Gasteiger partial charge is 0.365 e. The molecule has 0 spiro atoms. The Labute approximate surface area is 118 Å². The van der Waals surface area contributed by atoms with Gasteiger partial charge in [0.15, 0.2) is 0 Å². The lowest BCUT2D eigenvalue weighted by Crippen LogP contribution is -2.20. The molecule has 2 aromatic rings. The van der Waals surface area contributed by atoms with E-state index in [1.165, 1.54) is 17.2 Å². The van der Waals surface area contributed by atoms with Crippen molar-refractivity contribution in [2.75, 3.05) is 18.5 Å². The summed E-state index contributed by atoms with van der Waals surface area (Å²) in [6, 6.07) is 9.17. The van der Waals surface area contributed by atoms with E-state index in [9.17, 15) is 4.39 Å². The molecule has 0 radical (unpaired) electrons. The van der Waals surface area contributed by atoms with Crippen molar-refractivity contribution in [2.45, 2.75) is 19.5 Å². The molecule has 104 valence electrons. The Balaban J connectivity index is 1.75. The Hall–Kier alpha value is -1.94. The molecule has 0 aliphatic carbocycles. The third kappa shape index (κ3) is 2.65. The van der Waals surface area contributed by atoms with Gasteiger partial charge in [0.05, 0.1) is 12.2 Å². The van der Waals surface area contributed by atoms with Gasteiger partial charge in [0.1, 0.15) is 5.82 Å². The summed E-state index contributed by atoms with van der Waals surface area (Å²) >= 11 is 0. The number of aromatic nitrogens is 1. The third-order valence-corrected chi connectivity index (χ3v) is 3.66. The lowest BCUT2D eigenvalue weighted by Gasteiger charge is -2.19. The molecule has 1 aliphatic rings. The minimum absolute atomic E-state index is 0.173. The van der Waals surface area contributed by atoms with E-state index in [1.54, 1.807) is 6.07 Å². The van der Waals surface area contributed by atoms with Gasteiger partial charge in [0, 0.05) is 25.0 Å². The quantitative estimate of drug-likeness (QED) is 0.926. The van der Waals surface area contributed by atoms with Gasteiger partial charge in [-0.3, -0.25) is 4.98 Å². The molecule has 0 unspecified atom stereocenters. The minimum atomic E-state index is -0.173. The zero-order chi connectivity index (χ0) is 13.9. The maximum absolute atomic E-state index is 13.4. The number of nitrogens with one attached hydrogen (secondary N) is 1. The molecule has 1 aromatic heterocycles.